The molecule has 0 aromatic carbocycles. The van der Waals surface area contributed by atoms with Crippen LogP contribution in [0.25, 0.3) is 0 Å². The van der Waals surface area contributed by atoms with E-state index in [9.17, 15) is 5.11 Å². The van der Waals surface area contributed by atoms with Crippen LogP contribution in [0.5, 0.6) is 0 Å². The molecule has 4 aliphatic carbocycles. The summed E-state index contributed by atoms with van der Waals surface area (Å²) in [6.07, 6.45) is 14.8. The maximum atomic E-state index is 10.9. The molecule has 0 bridgehead atoms. The molecule has 144 valence electrons. The van der Waals surface area contributed by atoms with Crippen molar-refractivity contribution in [1.29, 1.82) is 0 Å². The molecule has 4 aliphatic rings. The smallest absolute Gasteiger partial charge is 0.0882 e. The Morgan fingerprint density at radius 1 is 0.960 bits per heavy atom. The minimum Gasteiger partial charge on any atom is -0.387 e. The number of aliphatic hydroxyl groups is 1. The van der Waals surface area contributed by atoms with Gasteiger partial charge in [0.15, 0.2) is 0 Å². The summed E-state index contributed by atoms with van der Waals surface area (Å²) in [6, 6.07) is 0. The van der Waals surface area contributed by atoms with Gasteiger partial charge >= 0.3 is 0 Å². The zero-order chi connectivity index (χ0) is 17.7. The van der Waals surface area contributed by atoms with E-state index in [-0.39, 0.29) is 0 Å². The van der Waals surface area contributed by atoms with Crippen LogP contribution in [-0.4, -0.2) is 24.4 Å². The number of fused-ring (bicyclic) bond motifs is 5. The van der Waals surface area contributed by atoms with Crippen LogP contribution in [0.1, 0.15) is 84.5 Å². The number of rotatable bonds is 4. The van der Waals surface area contributed by atoms with Gasteiger partial charge in [0.1, 0.15) is 0 Å². The minimum atomic E-state index is -0.536. The zero-order valence-electron chi connectivity index (χ0n) is 16.8. The van der Waals surface area contributed by atoms with Crippen molar-refractivity contribution in [3.8, 4) is 0 Å². The van der Waals surface area contributed by atoms with Gasteiger partial charge < -0.3 is 9.84 Å². The van der Waals surface area contributed by atoms with Crippen molar-refractivity contribution >= 4 is 0 Å². The third kappa shape index (κ3) is 3.00. The molecule has 2 nitrogen and oxygen atoms in total. The second-order valence-electron chi connectivity index (χ2n) is 10.4. The lowest BCUT2D eigenvalue weighted by Gasteiger charge is -2.57. The van der Waals surface area contributed by atoms with Gasteiger partial charge in [-0.1, -0.05) is 26.7 Å². The fourth-order valence-electron chi connectivity index (χ4n) is 8.29. The van der Waals surface area contributed by atoms with E-state index in [2.05, 4.69) is 13.8 Å². The summed E-state index contributed by atoms with van der Waals surface area (Å²) in [4.78, 5) is 0. The highest BCUT2D eigenvalue weighted by atomic mass is 16.5. The predicted molar refractivity (Wildman–Crippen MR) is 102 cm³/mol. The van der Waals surface area contributed by atoms with E-state index in [0.29, 0.717) is 12.0 Å². The molecule has 0 aromatic heterocycles. The quantitative estimate of drug-likeness (QED) is 0.734. The van der Waals surface area contributed by atoms with Crippen LogP contribution in [-0.2, 0) is 4.74 Å². The molecule has 0 spiro atoms. The normalized spacial score (nSPS) is 52.3. The van der Waals surface area contributed by atoms with Gasteiger partial charge in [-0.3, -0.25) is 0 Å². The maximum Gasteiger partial charge on any atom is 0.0882 e. The first-order valence-corrected chi connectivity index (χ1v) is 11.2. The molecular weight excluding hydrogens is 308 g/mol. The van der Waals surface area contributed by atoms with Crippen molar-refractivity contribution in [3.63, 3.8) is 0 Å². The SMILES string of the molecule is CCC[C@H]1CC[C@H]2[C@@H]3CC[C@@H]4C[C@@](O)(COC)CC[C@@H]4[C@H]3CC[C@]12C. The fraction of sp³-hybridized carbons (Fsp3) is 1.00. The van der Waals surface area contributed by atoms with Gasteiger partial charge in [0.25, 0.3) is 0 Å². The molecule has 0 unspecified atom stereocenters. The third-order valence-electron chi connectivity index (χ3n) is 9.35. The zero-order valence-corrected chi connectivity index (χ0v) is 16.8. The Hall–Kier alpha value is -0.0800. The standard InChI is InChI=1S/C23H40O2/c1-4-5-17-7-9-21-20-8-6-16-14-23(24,15-25-3)13-11-18(16)19(20)10-12-22(17,21)2/h16-21,24H,4-15H2,1-3H3/t16-,17+,18+,19-,20-,21+,22-,23-/m1/s1. The second kappa shape index (κ2) is 6.82. The molecule has 4 saturated carbocycles. The molecule has 0 amide bonds. The van der Waals surface area contributed by atoms with Crippen LogP contribution >= 0.6 is 0 Å². The van der Waals surface area contributed by atoms with Gasteiger partial charge in [-0.15, -0.1) is 0 Å². The average Bonchev–Trinajstić information content (AvgIpc) is 2.91. The van der Waals surface area contributed by atoms with Crippen LogP contribution in [0.15, 0.2) is 0 Å². The van der Waals surface area contributed by atoms with Gasteiger partial charge in [0.2, 0.25) is 0 Å². The molecule has 0 radical (unpaired) electrons. The van der Waals surface area contributed by atoms with Gasteiger partial charge in [-0.25, -0.2) is 0 Å². The topological polar surface area (TPSA) is 29.5 Å². The van der Waals surface area contributed by atoms with Crippen molar-refractivity contribution in [2.75, 3.05) is 13.7 Å². The van der Waals surface area contributed by atoms with E-state index < -0.39 is 5.60 Å². The number of methoxy groups -OCH3 is 1. The molecule has 0 saturated heterocycles. The lowest BCUT2D eigenvalue weighted by atomic mass is 9.49. The molecule has 2 heteroatoms. The van der Waals surface area contributed by atoms with E-state index >= 15 is 0 Å². The van der Waals surface area contributed by atoms with Gasteiger partial charge in [-0.05, 0) is 98.7 Å². The summed E-state index contributed by atoms with van der Waals surface area (Å²) in [5.41, 5.74) is 0.112. The largest absolute Gasteiger partial charge is 0.387 e. The highest BCUT2D eigenvalue weighted by Gasteiger charge is 2.57. The molecule has 4 rings (SSSR count). The summed E-state index contributed by atoms with van der Waals surface area (Å²) in [6.45, 7) is 5.56. The van der Waals surface area contributed by atoms with Crippen molar-refractivity contribution in [2.24, 2.45) is 40.9 Å². The minimum absolute atomic E-state index is 0.531. The van der Waals surface area contributed by atoms with Gasteiger partial charge in [-0.2, -0.15) is 0 Å². The van der Waals surface area contributed by atoms with Crippen molar-refractivity contribution in [3.05, 3.63) is 0 Å². The molecule has 8 atom stereocenters. The average molecular weight is 349 g/mol. The van der Waals surface area contributed by atoms with Crippen molar-refractivity contribution in [1.82, 2.24) is 0 Å². The summed E-state index contributed by atoms with van der Waals surface area (Å²) in [5, 5.41) is 10.9. The Labute approximate surface area is 155 Å². The Bertz CT molecular complexity index is 477. The molecule has 0 aromatic rings. The Kier molecular flexibility index (Phi) is 4.99. The number of hydrogen-bond donors (Lipinski definition) is 1. The molecule has 0 aliphatic heterocycles. The third-order valence-corrected chi connectivity index (χ3v) is 9.35. The number of hydrogen-bond acceptors (Lipinski definition) is 2. The number of ether oxygens (including phenoxy) is 1. The van der Waals surface area contributed by atoms with Crippen LogP contribution in [0, 0.1) is 40.9 Å². The van der Waals surface area contributed by atoms with Crippen molar-refractivity contribution < 1.29 is 9.84 Å². The monoisotopic (exact) mass is 348 g/mol. The molecular formula is C23H40O2. The van der Waals surface area contributed by atoms with E-state index in [1.54, 1.807) is 7.11 Å². The summed E-state index contributed by atoms with van der Waals surface area (Å²) in [5.74, 6) is 5.61. The first-order valence-electron chi connectivity index (χ1n) is 11.2. The van der Waals surface area contributed by atoms with Crippen LogP contribution in [0.4, 0.5) is 0 Å². The van der Waals surface area contributed by atoms with E-state index in [0.717, 1.165) is 48.3 Å². The van der Waals surface area contributed by atoms with E-state index in [1.165, 1.54) is 57.8 Å². The lowest BCUT2D eigenvalue weighted by Crippen LogP contribution is -2.51. The molecule has 25 heavy (non-hydrogen) atoms. The first kappa shape index (κ1) is 18.3. The van der Waals surface area contributed by atoms with E-state index in [1.807, 2.05) is 0 Å². The summed E-state index contributed by atoms with van der Waals surface area (Å²) < 4.78 is 5.33. The second-order valence-corrected chi connectivity index (χ2v) is 10.4. The van der Waals surface area contributed by atoms with Crippen LogP contribution in [0.3, 0.4) is 0 Å². The summed E-state index contributed by atoms with van der Waals surface area (Å²) >= 11 is 0. The van der Waals surface area contributed by atoms with Crippen LogP contribution in [0.2, 0.25) is 0 Å². The molecule has 4 fully saturated rings. The summed E-state index contributed by atoms with van der Waals surface area (Å²) in [7, 11) is 1.73. The van der Waals surface area contributed by atoms with Crippen LogP contribution < -0.4 is 0 Å². The molecule has 1 N–H and O–H groups in total. The fourth-order valence-corrected chi connectivity index (χ4v) is 8.29. The van der Waals surface area contributed by atoms with E-state index in [4.69, 9.17) is 4.74 Å². The highest BCUT2D eigenvalue weighted by Crippen LogP contribution is 2.65. The maximum absolute atomic E-state index is 10.9. The Morgan fingerprint density at radius 3 is 2.52 bits per heavy atom. The Balaban J connectivity index is 1.48. The Morgan fingerprint density at radius 2 is 1.76 bits per heavy atom. The van der Waals surface area contributed by atoms with Gasteiger partial charge in [0.05, 0.1) is 12.2 Å². The molecule has 0 heterocycles. The van der Waals surface area contributed by atoms with Gasteiger partial charge in [0, 0.05) is 7.11 Å². The van der Waals surface area contributed by atoms with Crippen molar-refractivity contribution in [2.45, 2.75) is 90.1 Å². The first-order chi connectivity index (χ1) is 12.0. The predicted octanol–water partition coefficient (Wildman–Crippen LogP) is 5.43. The lowest BCUT2D eigenvalue weighted by molar-refractivity contribution is -0.124. The highest BCUT2D eigenvalue weighted by molar-refractivity contribution is 5.06.